The van der Waals surface area contributed by atoms with Crippen LogP contribution < -0.4 is 4.74 Å². The van der Waals surface area contributed by atoms with E-state index in [9.17, 15) is 4.79 Å². The molecule has 0 aliphatic rings. The first-order chi connectivity index (χ1) is 5.20. The lowest BCUT2D eigenvalue weighted by Gasteiger charge is -2.02. The minimum absolute atomic E-state index is 0.318. The Morgan fingerprint density at radius 3 is 2.64 bits per heavy atom. The predicted octanol–water partition coefficient (Wildman–Crippen LogP) is 1.79. The molecular formula is C9H9O2. The van der Waals surface area contributed by atoms with Crippen LogP contribution in [0, 0.1) is 6.92 Å². The van der Waals surface area contributed by atoms with Crippen molar-refractivity contribution in [2.45, 2.75) is 6.92 Å². The fraction of sp³-hybridized carbons (Fsp3) is 0.111. The highest BCUT2D eigenvalue weighted by atomic mass is 16.5. The molecule has 1 aromatic rings. The molecule has 0 aromatic heterocycles. The van der Waals surface area contributed by atoms with Crippen molar-refractivity contribution in [2.75, 3.05) is 0 Å². The highest BCUT2D eigenvalue weighted by molar-refractivity contribution is 5.69. The molecule has 0 saturated carbocycles. The Bertz CT molecular complexity index is 266. The first-order valence-corrected chi connectivity index (χ1v) is 3.29. The Labute approximate surface area is 65.8 Å². The molecule has 0 heterocycles. The van der Waals surface area contributed by atoms with Gasteiger partial charge in [-0.25, -0.2) is 0 Å². The highest BCUT2D eigenvalue weighted by Gasteiger charge is 1.99. The summed E-state index contributed by atoms with van der Waals surface area (Å²) < 4.78 is 4.84. The van der Waals surface area contributed by atoms with Gasteiger partial charge in [0.25, 0.3) is 0 Å². The lowest BCUT2D eigenvalue weighted by molar-refractivity contribution is -0.131. The molecule has 57 valence electrons. The zero-order valence-electron chi connectivity index (χ0n) is 6.33. The van der Waals surface area contributed by atoms with E-state index in [1.807, 2.05) is 6.07 Å². The van der Waals surface area contributed by atoms with Crippen LogP contribution in [0.2, 0.25) is 0 Å². The summed E-state index contributed by atoms with van der Waals surface area (Å²) in [5.41, 5.74) is 0.725. The highest BCUT2D eigenvalue weighted by Crippen LogP contribution is 2.15. The smallest absolute Gasteiger partial charge is 0.308 e. The molecule has 0 aliphatic heterocycles. The van der Waals surface area contributed by atoms with E-state index in [1.54, 1.807) is 18.2 Å². The number of para-hydroxylation sites is 1. The number of ether oxygens (including phenoxy) is 1. The SMILES string of the molecule is [CH2]c1ccccc1OC(C)=O. The molecule has 0 bridgehead atoms. The maximum absolute atomic E-state index is 10.5. The van der Waals surface area contributed by atoms with Crippen LogP contribution in [0.5, 0.6) is 5.75 Å². The molecule has 0 spiro atoms. The maximum Gasteiger partial charge on any atom is 0.308 e. The van der Waals surface area contributed by atoms with Gasteiger partial charge >= 0.3 is 5.97 Å². The van der Waals surface area contributed by atoms with E-state index in [0.717, 1.165) is 5.56 Å². The third-order valence-corrected chi connectivity index (χ3v) is 1.23. The minimum atomic E-state index is -0.318. The summed E-state index contributed by atoms with van der Waals surface area (Å²) in [5, 5.41) is 0. The van der Waals surface area contributed by atoms with Crippen LogP contribution in [0.25, 0.3) is 0 Å². The van der Waals surface area contributed by atoms with E-state index >= 15 is 0 Å². The van der Waals surface area contributed by atoms with E-state index in [-0.39, 0.29) is 5.97 Å². The Kier molecular flexibility index (Phi) is 2.26. The number of benzene rings is 1. The molecule has 11 heavy (non-hydrogen) atoms. The number of carbonyl (C=O) groups is 1. The standard InChI is InChI=1S/C9H9O2/c1-7-5-3-4-6-9(7)11-8(2)10/h3-6H,1H2,2H3. The average molecular weight is 149 g/mol. The van der Waals surface area contributed by atoms with Crippen molar-refractivity contribution in [1.29, 1.82) is 0 Å². The van der Waals surface area contributed by atoms with Gasteiger partial charge in [0.2, 0.25) is 0 Å². The normalized spacial score (nSPS) is 9.27. The molecular weight excluding hydrogens is 140 g/mol. The summed E-state index contributed by atoms with van der Waals surface area (Å²) >= 11 is 0. The van der Waals surface area contributed by atoms with Crippen LogP contribution in [0.3, 0.4) is 0 Å². The first-order valence-electron chi connectivity index (χ1n) is 3.29. The number of rotatable bonds is 1. The van der Waals surface area contributed by atoms with Crippen LogP contribution in [0.15, 0.2) is 24.3 Å². The summed E-state index contributed by atoms with van der Waals surface area (Å²) in [5.74, 6) is 0.209. The van der Waals surface area contributed by atoms with Gasteiger partial charge in [0.1, 0.15) is 5.75 Å². The molecule has 1 aromatic carbocycles. The van der Waals surface area contributed by atoms with E-state index in [4.69, 9.17) is 4.74 Å². The zero-order valence-corrected chi connectivity index (χ0v) is 6.33. The van der Waals surface area contributed by atoms with Crippen molar-refractivity contribution in [3.05, 3.63) is 36.8 Å². The molecule has 0 amide bonds. The molecule has 2 nitrogen and oxygen atoms in total. The van der Waals surface area contributed by atoms with Crippen molar-refractivity contribution in [2.24, 2.45) is 0 Å². The van der Waals surface area contributed by atoms with E-state index in [2.05, 4.69) is 6.92 Å². The molecule has 1 rings (SSSR count). The topological polar surface area (TPSA) is 26.3 Å². The number of carbonyl (C=O) groups excluding carboxylic acids is 1. The van der Waals surface area contributed by atoms with Crippen molar-refractivity contribution in [1.82, 2.24) is 0 Å². The van der Waals surface area contributed by atoms with Gasteiger partial charge in [-0.1, -0.05) is 18.2 Å². The molecule has 0 fully saturated rings. The lowest BCUT2D eigenvalue weighted by Crippen LogP contribution is -2.02. The Morgan fingerprint density at radius 1 is 1.45 bits per heavy atom. The maximum atomic E-state index is 10.5. The van der Waals surface area contributed by atoms with Gasteiger partial charge in [0.05, 0.1) is 0 Å². The van der Waals surface area contributed by atoms with Gasteiger partial charge in [-0.2, -0.15) is 0 Å². The number of esters is 1. The second-order valence-corrected chi connectivity index (χ2v) is 2.20. The fourth-order valence-electron chi connectivity index (χ4n) is 0.758. The van der Waals surface area contributed by atoms with Crippen LogP contribution in [-0.2, 0) is 4.79 Å². The summed E-state index contributed by atoms with van der Waals surface area (Å²) in [4.78, 5) is 10.5. The lowest BCUT2D eigenvalue weighted by atomic mass is 10.2. The van der Waals surface area contributed by atoms with E-state index in [0.29, 0.717) is 5.75 Å². The van der Waals surface area contributed by atoms with Crippen molar-refractivity contribution < 1.29 is 9.53 Å². The molecule has 1 radical (unpaired) electrons. The van der Waals surface area contributed by atoms with Crippen LogP contribution in [0.1, 0.15) is 12.5 Å². The summed E-state index contributed by atoms with van der Waals surface area (Å²) in [6.07, 6.45) is 0. The van der Waals surface area contributed by atoms with Gasteiger partial charge in [0, 0.05) is 6.92 Å². The molecule has 0 unspecified atom stereocenters. The second-order valence-electron chi connectivity index (χ2n) is 2.20. The summed E-state index contributed by atoms with van der Waals surface area (Å²) in [7, 11) is 0. The van der Waals surface area contributed by atoms with Gasteiger partial charge in [-0.3, -0.25) is 4.79 Å². The second kappa shape index (κ2) is 3.19. The average Bonchev–Trinajstić information content (AvgIpc) is 1.93. The molecule has 2 heteroatoms. The Balaban J connectivity index is 2.86. The number of hydrogen-bond acceptors (Lipinski definition) is 2. The Hall–Kier alpha value is -1.31. The summed E-state index contributed by atoms with van der Waals surface area (Å²) in [6.45, 7) is 5.06. The molecule has 0 N–H and O–H groups in total. The van der Waals surface area contributed by atoms with Crippen LogP contribution >= 0.6 is 0 Å². The summed E-state index contributed by atoms with van der Waals surface area (Å²) in [6, 6.07) is 7.14. The Morgan fingerprint density at radius 2 is 2.09 bits per heavy atom. The number of hydrogen-bond donors (Lipinski definition) is 0. The zero-order chi connectivity index (χ0) is 8.27. The molecule has 0 saturated heterocycles. The monoisotopic (exact) mass is 149 g/mol. The van der Waals surface area contributed by atoms with Crippen molar-refractivity contribution >= 4 is 5.97 Å². The van der Waals surface area contributed by atoms with Gasteiger partial charge in [0.15, 0.2) is 0 Å². The first kappa shape index (κ1) is 7.79. The van der Waals surface area contributed by atoms with Gasteiger partial charge in [-0.05, 0) is 18.6 Å². The quantitative estimate of drug-likeness (QED) is 0.449. The van der Waals surface area contributed by atoms with Gasteiger partial charge in [-0.15, -0.1) is 0 Å². The molecule has 0 aliphatic carbocycles. The largest absolute Gasteiger partial charge is 0.426 e. The fourth-order valence-corrected chi connectivity index (χ4v) is 0.758. The van der Waals surface area contributed by atoms with Crippen LogP contribution in [-0.4, -0.2) is 5.97 Å². The third-order valence-electron chi connectivity index (χ3n) is 1.23. The van der Waals surface area contributed by atoms with E-state index < -0.39 is 0 Å². The third kappa shape index (κ3) is 2.08. The minimum Gasteiger partial charge on any atom is -0.426 e. The van der Waals surface area contributed by atoms with Crippen molar-refractivity contribution in [3.63, 3.8) is 0 Å². The van der Waals surface area contributed by atoms with Gasteiger partial charge < -0.3 is 4.74 Å². The van der Waals surface area contributed by atoms with E-state index in [1.165, 1.54) is 6.92 Å². The predicted molar refractivity (Wildman–Crippen MR) is 42.2 cm³/mol. The van der Waals surface area contributed by atoms with Crippen molar-refractivity contribution in [3.8, 4) is 5.75 Å². The van der Waals surface area contributed by atoms with Crippen LogP contribution in [0.4, 0.5) is 0 Å². The molecule has 0 atom stereocenters.